The summed E-state index contributed by atoms with van der Waals surface area (Å²) in [5.41, 5.74) is 9.76. The molecule has 1 aliphatic carbocycles. The Balaban J connectivity index is 1.46. The number of nitrogens with one attached hydrogen (secondary N) is 1. The van der Waals surface area contributed by atoms with Gasteiger partial charge in [0.2, 0.25) is 0 Å². The molecule has 0 saturated carbocycles. The van der Waals surface area contributed by atoms with E-state index in [-0.39, 0.29) is 0 Å². The summed E-state index contributed by atoms with van der Waals surface area (Å²) < 4.78 is 1.62. The highest BCUT2D eigenvalue weighted by atomic mass is 15.3. The van der Waals surface area contributed by atoms with Gasteiger partial charge in [-0.15, -0.1) is 5.10 Å². The lowest BCUT2D eigenvalue weighted by atomic mass is 10.1. The Labute approximate surface area is 133 Å². The second-order valence-corrected chi connectivity index (χ2v) is 5.56. The molecule has 0 amide bonds. The summed E-state index contributed by atoms with van der Waals surface area (Å²) in [5, 5.41) is 7.42. The van der Waals surface area contributed by atoms with Crippen LogP contribution in [0.1, 0.15) is 23.4 Å². The minimum Gasteiger partial charge on any atom is -0.370 e. The highest BCUT2D eigenvalue weighted by Gasteiger charge is 2.11. The first-order valence-electron chi connectivity index (χ1n) is 7.63. The fraction of sp³-hybridized carbons (Fsp3) is 0.250. The third-order valence-electron chi connectivity index (χ3n) is 3.92. The lowest BCUT2D eigenvalue weighted by molar-refractivity contribution is 0.864. The Bertz CT molecular complexity index is 848. The molecule has 0 spiro atoms. The van der Waals surface area contributed by atoms with E-state index < -0.39 is 0 Å². The molecule has 0 radical (unpaired) electrons. The van der Waals surface area contributed by atoms with Crippen molar-refractivity contribution < 1.29 is 0 Å². The number of aryl methyl sites for hydroxylation is 2. The SMILES string of the molecule is NC(=NCc1nc2ncccn2n1)Nc1ccc2c(c1)CCC2. The van der Waals surface area contributed by atoms with Crippen LogP contribution < -0.4 is 11.1 Å². The van der Waals surface area contributed by atoms with Crippen LogP contribution in [-0.4, -0.2) is 25.5 Å². The number of hydrogen-bond donors (Lipinski definition) is 2. The van der Waals surface area contributed by atoms with Gasteiger partial charge >= 0.3 is 0 Å². The zero-order valence-electron chi connectivity index (χ0n) is 12.6. The largest absolute Gasteiger partial charge is 0.370 e. The van der Waals surface area contributed by atoms with Crippen molar-refractivity contribution in [1.29, 1.82) is 0 Å². The molecule has 0 fully saturated rings. The molecular weight excluding hydrogens is 290 g/mol. The third-order valence-corrected chi connectivity index (χ3v) is 3.92. The van der Waals surface area contributed by atoms with Gasteiger partial charge in [0.25, 0.3) is 5.78 Å². The van der Waals surface area contributed by atoms with E-state index in [0.29, 0.717) is 24.1 Å². The number of hydrogen-bond acceptors (Lipinski definition) is 4. The molecule has 0 atom stereocenters. The van der Waals surface area contributed by atoms with Crippen LogP contribution in [-0.2, 0) is 19.4 Å². The molecular formula is C16H17N7. The van der Waals surface area contributed by atoms with Crippen LogP contribution in [0.2, 0.25) is 0 Å². The van der Waals surface area contributed by atoms with Crippen molar-refractivity contribution in [2.24, 2.45) is 10.7 Å². The Kier molecular flexibility index (Phi) is 3.38. The first kappa shape index (κ1) is 13.7. The van der Waals surface area contributed by atoms with E-state index in [4.69, 9.17) is 5.73 Å². The van der Waals surface area contributed by atoms with E-state index in [1.54, 1.807) is 23.0 Å². The molecule has 0 bridgehead atoms. The minimum atomic E-state index is 0.313. The van der Waals surface area contributed by atoms with Gasteiger partial charge in [0, 0.05) is 18.1 Å². The van der Waals surface area contributed by atoms with E-state index in [1.807, 2.05) is 6.07 Å². The van der Waals surface area contributed by atoms with Gasteiger partial charge in [-0.3, -0.25) is 0 Å². The van der Waals surface area contributed by atoms with Crippen LogP contribution in [0.5, 0.6) is 0 Å². The van der Waals surface area contributed by atoms with E-state index in [9.17, 15) is 0 Å². The zero-order valence-corrected chi connectivity index (χ0v) is 12.6. The average molecular weight is 307 g/mol. The van der Waals surface area contributed by atoms with Crippen LogP contribution in [0.15, 0.2) is 41.7 Å². The second-order valence-electron chi connectivity index (χ2n) is 5.56. The molecule has 7 heteroatoms. The van der Waals surface area contributed by atoms with Gasteiger partial charge in [0.1, 0.15) is 6.54 Å². The van der Waals surface area contributed by atoms with E-state index in [0.717, 1.165) is 12.1 Å². The first-order valence-corrected chi connectivity index (χ1v) is 7.63. The van der Waals surface area contributed by atoms with Gasteiger partial charge in [0.15, 0.2) is 11.8 Å². The summed E-state index contributed by atoms with van der Waals surface area (Å²) in [6, 6.07) is 8.16. The molecule has 116 valence electrons. The molecule has 7 nitrogen and oxygen atoms in total. The molecule has 1 aliphatic rings. The summed E-state index contributed by atoms with van der Waals surface area (Å²) in [6.45, 7) is 0.313. The zero-order chi connectivity index (χ0) is 15.6. The molecule has 3 aromatic rings. The lowest BCUT2D eigenvalue weighted by Crippen LogP contribution is -2.22. The van der Waals surface area contributed by atoms with Crippen molar-refractivity contribution >= 4 is 17.4 Å². The van der Waals surface area contributed by atoms with Crippen molar-refractivity contribution in [3.8, 4) is 0 Å². The quantitative estimate of drug-likeness (QED) is 0.565. The van der Waals surface area contributed by atoms with E-state index in [1.165, 1.54) is 24.0 Å². The minimum absolute atomic E-state index is 0.313. The highest BCUT2D eigenvalue weighted by Crippen LogP contribution is 2.24. The smallest absolute Gasteiger partial charge is 0.252 e. The maximum absolute atomic E-state index is 5.95. The van der Waals surface area contributed by atoms with Gasteiger partial charge in [-0.05, 0) is 48.6 Å². The van der Waals surface area contributed by atoms with E-state index >= 15 is 0 Å². The van der Waals surface area contributed by atoms with Gasteiger partial charge in [-0.2, -0.15) is 4.98 Å². The van der Waals surface area contributed by atoms with Crippen molar-refractivity contribution in [1.82, 2.24) is 19.6 Å². The van der Waals surface area contributed by atoms with Crippen molar-refractivity contribution in [3.63, 3.8) is 0 Å². The Morgan fingerprint density at radius 1 is 1.30 bits per heavy atom. The van der Waals surface area contributed by atoms with Crippen molar-refractivity contribution in [2.45, 2.75) is 25.8 Å². The number of nitrogens with two attached hydrogens (primary N) is 1. The molecule has 1 aromatic carbocycles. The first-order chi connectivity index (χ1) is 11.3. The Hall–Kier alpha value is -2.96. The fourth-order valence-electron chi connectivity index (χ4n) is 2.84. The van der Waals surface area contributed by atoms with Gasteiger partial charge in [-0.25, -0.2) is 14.5 Å². The van der Waals surface area contributed by atoms with Crippen LogP contribution in [0.4, 0.5) is 5.69 Å². The van der Waals surface area contributed by atoms with Crippen LogP contribution in [0, 0.1) is 0 Å². The lowest BCUT2D eigenvalue weighted by Gasteiger charge is -2.07. The summed E-state index contributed by atoms with van der Waals surface area (Å²) in [4.78, 5) is 12.7. The van der Waals surface area contributed by atoms with Crippen molar-refractivity contribution in [3.05, 3.63) is 53.6 Å². The number of aromatic nitrogens is 4. The molecule has 2 aromatic heterocycles. The standard InChI is InChI=1S/C16H17N7/c17-15(20-13-6-5-11-3-1-4-12(11)9-13)19-10-14-21-16-18-7-2-8-23(16)22-14/h2,5-9H,1,3-4,10H2,(H3,17,19,20). The number of anilines is 1. The van der Waals surface area contributed by atoms with Gasteiger partial charge in [0.05, 0.1) is 0 Å². The number of aliphatic imine (C=N–C) groups is 1. The maximum Gasteiger partial charge on any atom is 0.252 e. The number of rotatable bonds is 3. The Morgan fingerprint density at radius 2 is 2.22 bits per heavy atom. The summed E-state index contributed by atoms with van der Waals surface area (Å²) in [5.74, 6) is 1.50. The summed E-state index contributed by atoms with van der Waals surface area (Å²) in [7, 11) is 0. The second kappa shape index (κ2) is 5.68. The molecule has 2 heterocycles. The van der Waals surface area contributed by atoms with Crippen LogP contribution in [0.25, 0.3) is 5.78 Å². The predicted molar refractivity (Wildman–Crippen MR) is 88.2 cm³/mol. The highest BCUT2D eigenvalue weighted by molar-refractivity contribution is 5.92. The molecule has 0 aliphatic heterocycles. The Morgan fingerprint density at radius 3 is 3.13 bits per heavy atom. The fourth-order valence-corrected chi connectivity index (χ4v) is 2.84. The predicted octanol–water partition coefficient (Wildman–Crippen LogP) is 1.54. The van der Waals surface area contributed by atoms with E-state index in [2.05, 4.69) is 37.5 Å². The molecule has 4 rings (SSSR count). The normalized spacial score (nSPS) is 14.2. The monoisotopic (exact) mass is 307 g/mol. The number of nitrogens with zero attached hydrogens (tertiary/aromatic N) is 5. The molecule has 0 unspecified atom stereocenters. The van der Waals surface area contributed by atoms with Crippen LogP contribution >= 0.6 is 0 Å². The van der Waals surface area contributed by atoms with Crippen LogP contribution in [0.3, 0.4) is 0 Å². The maximum atomic E-state index is 5.95. The summed E-state index contributed by atoms with van der Waals surface area (Å²) >= 11 is 0. The van der Waals surface area contributed by atoms with Gasteiger partial charge in [-0.1, -0.05) is 6.07 Å². The molecule has 3 N–H and O–H groups in total. The summed E-state index contributed by atoms with van der Waals surface area (Å²) in [6.07, 6.45) is 7.03. The topological polar surface area (TPSA) is 93.5 Å². The number of fused-ring (bicyclic) bond motifs is 2. The van der Waals surface area contributed by atoms with Crippen molar-refractivity contribution in [2.75, 3.05) is 5.32 Å². The number of benzene rings is 1. The average Bonchev–Trinajstić information content (AvgIpc) is 3.18. The molecule has 0 saturated heterocycles. The third kappa shape index (κ3) is 2.85. The molecule has 23 heavy (non-hydrogen) atoms. The number of guanidine groups is 1. The van der Waals surface area contributed by atoms with Gasteiger partial charge < -0.3 is 11.1 Å².